The van der Waals surface area contributed by atoms with Crippen LogP contribution < -0.4 is 5.32 Å². The number of carbonyl (C=O) groups is 2. The molecule has 0 saturated carbocycles. The summed E-state index contributed by atoms with van der Waals surface area (Å²) in [6.07, 6.45) is -0.0979. The number of rotatable bonds is 4. The Morgan fingerprint density at radius 1 is 1.20 bits per heavy atom. The fraction of sp³-hybridized carbons (Fsp3) is 0.500. The van der Waals surface area contributed by atoms with Gasteiger partial charge in [-0.3, -0.25) is 4.79 Å². The van der Waals surface area contributed by atoms with Crippen molar-refractivity contribution in [1.82, 2.24) is 5.32 Å². The van der Waals surface area contributed by atoms with Gasteiger partial charge in [-0.2, -0.15) is 0 Å². The molecule has 1 aromatic carbocycles. The SMILES string of the molecule is CC(=O)C(Cc1ccc(C)cc1)NC(=O)OC(C)(C)C. The molecule has 0 saturated heterocycles. The quantitative estimate of drug-likeness (QED) is 0.920. The van der Waals surface area contributed by atoms with Gasteiger partial charge in [0.2, 0.25) is 0 Å². The number of ketones is 1. The monoisotopic (exact) mass is 277 g/mol. The average Bonchev–Trinajstić information content (AvgIpc) is 2.28. The minimum absolute atomic E-state index is 0.0866. The molecule has 110 valence electrons. The number of carbonyl (C=O) groups excluding carboxylic acids is 2. The summed E-state index contributed by atoms with van der Waals surface area (Å²) >= 11 is 0. The van der Waals surface area contributed by atoms with E-state index in [9.17, 15) is 9.59 Å². The van der Waals surface area contributed by atoms with Crippen LogP contribution in [0.1, 0.15) is 38.8 Å². The minimum atomic E-state index is -0.574. The van der Waals surface area contributed by atoms with Crippen LogP contribution in [0.4, 0.5) is 4.79 Å². The fourth-order valence-electron chi connectivity index (χ4n) is 1.71. The van der Waals surface area contributed by atoms with E-state index in [0.29, 0.717) is 6.42 Å². The Morgan fingerprint density at radius 3 is 2.20 bits per heavy atom. The van der Waals surface area contributed by atoms with Gasteiger partial charge in [0.1, 0.15) is 5.60 Å². The number of hydrogen-bond donors (Lipinski definition) is 1. The first kappa shape index (κ1) is 16.2. The number of aryl methyl sites for hydroxylation is 1. The first-order valence-corrected chi connectivity index (χ1v) is 6.73. The van der Waals surface area contributed by atoms with Crippen molar-refractivity contribution >= 4 is 11.9 Å². The van der Waals surface area contributed by atoms with Crippen LogP contribution in [0.3, 0.4) is 0 Å². The molecular formula is C16H23NO3. The molecule has 1 atom stereocenters. The Kier molecular flexibility index (Phi) is 5.31. The molecule has 0 spiro atoms. The Labute approximate surface area is 120 Å². The highest BCUT2D eigenvalue weighted by molar-refractivity contribution is 5.85. The molecule has 0 aromatic heterocycles. The van der Waals surface area contributed by atoms with Crippen LogP contribution >= 0.6 is 0 Å². The summed E-state index contributed by atoms with van der Waals surface area (Å²) < 4.78 is 5.17. The van der Waals surface area contributed by atoms with Gasteiger partial charge >= 0.3 is 6.09 Å². The number of Topliss-reactive ketones (excluding diaryl/α,β-unsaturated/α-hetero) is 1. The zero-order valence-electron chi connectivity index (χ0n) is 12.8. The van der Waals surface area contributed by atoms with E-state index in [1.165, 1.54) is 6.92 Å². The normalized spacial score (nSPS) is 12.7. The van der Waals surface area contributed by atoms with Crippen molar-refractivity contribution in [3.63, 3.8) is 0 Å². The molecule has 0 bridgehead atoms. The zero-order chi connectivity index (χ0) is 15.3. The van der Waals surface area contributed by atoms with Gasteiger partial charge in [-0.05, 0) is 46.6 Å². The van der Waals surface area contributed by atoms with Crippen LogP contribution in [0.15, 0.2) is 24.3 Å². The highest BCUT2D eigenvalue weighted by Gasteiger charge is 2.22. The molecular weight excluding hydrogens is 254 g/mol. The second kappa shape index (κ2) is 6.55. The summed E-state index contributed by atoms with van der Waals surface area (Å²) in [5.74, 6) is -0.0866. The van der Waals surface area contributed by atoms with Gasteiger partial charge in [0.15, 0.2) is 5.78 Å². The molecule has 1 aromatic rings. The Balaban J connectivity index is 2.68. The molecule has 0 aliphatic rings. The Bertz CT molecular complexity index is 471. The highest BCUT2D eigenvalue weighted by Crippen LogP contribution is 2.09. The van der Waals surface area contributed by atoms with E-state index in [0.717, 1.165) is 11.1 Å². The molecule has 0 radical (unpaired) electrons. The summed E-state index contributed by atoms with van der Waals surface area (Å²) in [5.41, 5.74) is 1.59. The molecule has 1 N–H and O–H groups in total. The summed E-state index contributed by atoms with van der Waals surface area (Å²) in [4.78, 5) is 23.4. The molecule has 1 rings (SSSR count). The molecule has 4 nitrogen and oxygen atoms in total. The minimum Gasteiger partial charge on any atom is -0.444 e. The molecule has 0 heterocycles. The lowest BCUT2D eigenvalue weighted by Gasteiger charge is -2.22. The molecule has 0 fully saturated rings. The van der Waals surface area contributed by atoms with E-state index >= 15 is 0 Å². The van der Waals surface area contributed by atoms with Gasteiger partial charge < -0.3 is 10.1 Å². The maximum Gasteiger partial charge on any atom is 0.408 e. The van der Waals surface area contributed by atoms with E-state index in [1.54, 1.807) is 20.8 Å². The standard InChI is InChI=1S/C16H23NO3/c1-11-6-8-13(9-7-11)10-14(12(2)18)17-15(19)20-16(3,4)5/h6-9,14H,10H2,1-5H3,(H,17,19). The topological polar surface area (TPSA) is 55.4 Å². The van der Waals surface area contributed by atoms with Crippen molar-refractivity contribution in [2.45, 2.75) is 52.7 Å². The van der Waals surface area contributed by atoms with Crippen LogP contribution in [0.5, 0.6) is 0 Å². The van der Waals surface area contributed by atoms with E-state index < -0.39 is 17.7 Å². The zero-order valence-corrected chi connectivity index (χ0v) is 12.8. The maximum absolute atomic E-state index is 11.7. The summed E-state index contributed by atoms with van der Waals surface area (Å²) in [5, 5.41) is 2.63. The van der Waals surface area contributed by atoms with Crippen LogP contribution in [-0.2, 0) is 16.0 Å². The predicted molar refractivity (Wildman–Crippen MR) is 78.7 cm³/mol. The highest BCUT2D eigenvalue weighted by atomic mass is 16.6. The lowest BCUT2D eigenvalue weighted by Crippen LogP contribution is -2.43. The van der Waals surface area contributed by atoms with Gasteiger partial charge in [0.05, 0.1) is 6.04 Å². The number of benzene rings is 1. The second-order valence-corrected chi connectivity index (χ2v) is 6.00. The number of amides is 1. The molecule has 20 heavy (non-hydrogen) atoms. The first-order chi connectivity index (χ1) is 9.17. The molecule has 1 amide bonds. The van der Waals surface area contributed by atoms with Gasteiger partial charge in [-0.15, -0.1) is 0 Å². The van der Waals surface area contributed by atoms with Crippen molar-refractivity contribution in [2.24, 2.45) is 0 Å². The molecule has 1 unspecified atom stereocenters. The largest absolute Gasteiger partial charge is 0.444 e. The summed E-state index contributed by atoms with van der Waals surface area (Å²) in [6, 6.07) is 7.33. The first-order valence-electron chi connectivity index (χ1n) is 6.73. The Hall–Kier alpha value is -1.84. The van der Waals surface area contributed by atoms with Crippen molar-refractivity contribution in [3.05, 3.63) is 35.4 Å². The number of alkyl carbamates (subject to hydrolysis) is 1. The summed E-state index contributed by atoms with van der Waals surface area (Å²) in [7, 11) is 0. The number of ether oxygens (including phenoxy) is 1. The van der Waals surface area contributed by atoms with E-state index in [-0.39, 0.29) is 5.78 Å². The van der Waals surface area contributed by atoms with Crippen molar-refractivity contribution in [1.29, 1.82) is 0 Å². The van der Waals surface area contributed by atoms with Gasteiger partial charge in [0.25, 0.3) is 0 Å². The molecule has 0 aliphatic carbocycles. The van der Waals surface area contributed by atoms with E-state index in [2.05, 4.69) is 5.32 Å². The van der Waals surface area contributed by atoms with Crippen LogP contribution in [0.2, 0.25) is 0 Å². The van der Waals surface area contributed by atoms with Crippen molar-refractivity contribution in [2.75, 3.05) is 0 Å². The second-order valence-electron chi connectivity index (χ2n) is 6.00. The number of nitrogens with one attached hydrogen (secondary N) is 1. The average molecular weight is 277 g/mol. The van der Waals surface area contributed by atoms with Gasteiger partial charge in [-0.1, -0.05) is 29.8 Å². The maximum atomic E-state index is 11.7. The summed E-state index contributed by atoms with van der Waals surface area (Å²) in [6.45, 7) is 8.83. The molecule has 0 aliphatic heterocycles. The van der Waals surface area contributed by atoms with Gasteiger partial charge in [-0.25, -0.2) is 4.79 Å². The van der Waals surface area contributed by atoms with Crippen LogP contribution in [0, 0.1) is 6.92 Å². The van der Waals surface area contributed by atoms with Crippen LogP contribution in [-0.4, -0.2) is 23.5 Å². The third-order valence-electron chi connectivity index (χ3n) is 2.74. The molecule has 4 heteroatoms. The van der Waals surface area contributed by atoms with Crippen molar-refractivity contribution < 1.29 is 14.3 Å². The lowest BCUT2D eigenvalue weighted by atomic mass is 10.0. The van der Waals surface area contributed by atoms with Crippen LogP contribution in [0.25, 0.3) is 0 Å². The van der Waals surface area contributed by atoms with E-state index in [4.69, 9.17) is 4.74 Å². The van der Waals surface area contributed by atoms with Crippen molar-refractivity contribution in [3.8, 4) is 0 Å². The third kappa shape index (κ3) is 5.87. The van der Waals surface area contributed by atoms with Gasteiger partial charge in [0, 0.05) is 0 Å². The third-order valence-corrected chi connectivity index (χ3v) is 2.74. The smallest absolute Gasteiger partial charge is 0.408 e. The van der Waals surface area contributed by atoms with E-state index in [1.807, 2.05) is 31.2 Å². The lowest BCUT2D eigenvalue weighted by molar-refractivity contribution is -0.119. The number of hydrogen-bond acceptors (Lipinski definition) is 3. The fourth-order valence-corrected chi connectivity index (χ4v) is 1.71. The predicted octanol–water partition coefficient (Wildman–Crippen LogP) is 3.02. The Morgan fingerprint density at radius 2 is 1.75 bits per heavy atom.